The van der Waals surface area contributed by atoms with E-state index in [0.29, 0.717) is 16.8 Å². The molecule has 0 unspecified atom stereocenters. The highest BCUT2D eigenvalue weighted by molar-refractivity contribution is 7.92. The van der Waals surface area contributed by atoms with E-state index in [1.807, 2.05) is 16.9 Å². The van der Waals surface area contributed by atoms with E-state index in [0.717, 1.165) is 23.3 Å². The Labute approximate surface area is 208 Å². The number of nitrogens with one attached hydrogen (secondary N) is 3. The van der Waals surface area contributed by atoms with Crippen LogP contribution in [0, 0.1) is 11.6 Å². The maximum atomic E-state index is 15.2. The molecule has 0 radical (unpaired) electrons. The SMILES string of the molecule is CCCS(=O)(=O)Nc1c(F)ccc(C(=O)c2n[nH]c3ncc(-c4ccc(-c5nnn[nH]5)cc4)cc23)c1F. The molecular weight excluding hydrogens is 506 g/mol. The van der Waals surface area contributed by atoms with Gasteiger partial charge >= 0.3 is 0 Å². The van der Waals surface area contributed by atoms with Crippen LogP contribution in [0.1, 0.15) is 29.4 Å². The number of sulfonamides is 1. The quantitative estimate of drug-likeness (QED) is 0.260. The van der Waals surface area contributed by atoms with Crippen LogP contribution in [0.5, 0.6) is 0 Å². The van der Waals surface area contributed by atoms with Crippen molar-refractivity contribution in [1.29, 1.82) is 0 Å². The first-order valence-electron chi connectivity index (χ1n) is 11.0. The summed E-state index contributed by atoms with van der Waals surface area (Å²) in [6.45, 7) is 1.61. The van der Waals surface area contributed by atoms with Gasteiger partial charge in [0.25, 0.3) is 0 Å². The summed E-state index contributed by atoms with van der Waals surface area (Å²) in [5, 5.41) is 20.6. The van der Waals surface area contributed by atoms with E-state index in [2.05, 4.69) is 35.8 Å². The molecule has 188 valence electrons. The van der Waals surface area contributed by atoms with Crippen molar-refractivity contribution < 1.29 is 22.0 Å². The van der Waals surface area contributed by atoms with Gasteiger partial charge in [-0.1, -0.05) is 31.2 Å². The Kier molecular flexibility index (Phi) is 6.17. The zero-order chi connectivity index (χ0) is 26.2. The number of halogens is 2. The van der Waals surface area contributed by atoms with Crippen molar-refractivity contribution in [2.75, 3.05) is 10.5 Å². The molecule has 3 aromatic heterocycles. The molecule has 5 aromatic rings. The van der Waals surface area contributed by atoms with Gasteiger partial charge in [0.2, 0.25) is 15.8 Å². The van der Waals surface area contributed by atoms with Gasteiger partial charge in [-0.2, -0.15) is 5.10 Å². The molecule has 0 aliphatic heterocycles. The molecular formula is C23H18F2N8O3S. The molecule has 0 bridgehead atoms. The van der Waals surface area contributed by atoms with Crippen molar-refractivity contribution in [3.8, 4) is 22.5 Å². The molecule has 0 atom stereocenters. The maximum absolute atomic E-state index is 15.2. The minimum atomic E-state index is -4.00. The number of anilines is 1. The molecule has 0 aliphatic carbocycles. The first-order valence-corrected chi connectivity index (χ1v) is 12.6. The van der Waals surface area contributed by atoms with Gasteiger partial charge in [-0.25, -0.2) is 27.3 Å². The third-order valence-electron chi connectivity index (χ3n) is 5.53. The van der Waals surface area contributed by atoms with Crippen LogP contribution in [0.2, 0.25) is 0 Å². The van der Waals surface area contributed by atoms with Crippen molar-refractivity contribution in [3.63, 3.8) is 0 Å². The molecule has 0 aliphatic rings. The summed E-state index contributed by atoms with van der Waals surface area (Å²) in [6, 6.07) is 10.7. The Balaban J connectivity index is 1.51. The Morgan fingerprint density at radius 1 is 1.03 bits per heavy atom. The zero-order valence-corrected chi connectivity index (χ0v) is 20.0. The van der Waals surface area contributed by atoms with Crippen LogP contribution in [-0.2, 0) is 10.0 Å². The first-order chi connectivity index (χ1) is 17.8. The summed E-state index contributed by atoms with van der Waals surface area (Å²) in [6.07, 6.45) is 1.82. The Morgan fingerprint density at radius 3 is 2.49 bits per heavy atom. The number of carbonyl (C=O) groups excluding carboxylic acids is 1. The lowest BCUT2D eigenvalue weighted by Gasteiger charge is -2.11. The van der Waals surface area contributed by atoms with Crippen LogP contribution >= 0.6 is 0 Å². The van der Waals surface area contributed by atoms with Gasteiger partial charge in [-0.15, -0.1) is 5.10 Å². The van der Waals surface area contributed by atoms with Crippen LogP contribution in [0.25, 0.3) is 33.5 Å². The minimum absolute atomic E-state index is 0.151. The van der Waals surface area contributed by atoms with E-state index < -0.39 is 38.7 Å². The van der Waals surface area contributed by atoms with Gasteiger partial charge in [0.05, 0.1) is 16.7 Å². The first kappa shape index (κ1) is 24.1. The van der Waals surface area contributed by atoms with Crippen molar-refractivity contribution in [1.82, 2.24) is 35.8 Å². The number of pyridine rings is 1. The monoisotopic (exact) mass is 524 g/mol. The largest absolute Gasteiger partial charge is 0.287 e. The topological polar surface area (TPSA) is 159 Å². The molecule has 0 saturated carbocycles. The number of tetrazole rings is 1. The standard InChI is InChI=1S/C23H18F2N8O3S/c1-2-9-37(35,36)31-20-17(24)8-7-15(18(20)25)21(34)19-16-10-14(11-26-23(16)28-27-19)12-3-5-13(6-4-12)22-29-32-33-30-22/h3-8,10-11,31H,2,9H2,1H3,(H,26,27,28)(H,29,30,32,33). The number of aromatic nitrogens is 7. The smallest absolute Gasteiger partial charge is 0.232 e. The van der Waals surface area contributed by atoms with Gasteiger partial charge in [-0.3, -0.25) is 14.6 Å². The van der Waals surface area contributed by atoms with E-state index in [-0.39, 0.29) is 23.5 Å². The summed E-state index contributed by atoms with van der Waals surface area (Å²) in [7, 11) is -4.00. The highest BCUT2D eigenvalue weighted by Crippen LogP contribution is 2.29. The Hall–Kier alpha value is -4.59. The highest BCUT2D eigenvalue weighted by atomic mass is 32.2. The van der Waals surface area contributed by atoms with Gasteiger partial charge < -0.3 is 0 Å². The van der Waals surface area contributed by atoms with Crippen molar-refractivity contribution >= 4 is 32.5 Å². The lowest BCUT2D eigenvalue weighted by Crippen LogP contribution is -2.19. The van der Waals surface area contributed by atoms with Crippen LogP contribution in [-0.4, -0.2) is 55.8 Å². The van der Waals surface area contributed by atoms with E-state index in [1.54, 1.807) is 31.3 Å². The van der Waals surface area contributed by atoms with Crippen LogP contribution < -0.4 is 4.72 Å². The fourth-order valence-electron chi connectivity index (χ4n) is 3.76. The second-order valence-electron chi connectivity index (χ2n) is 8.05. The number of aromatic amines is 2. The number of rotatable bonds is 8. The molecule has 11 nitrogen and oxygen atoms in total. The van der Waals surface area contributed by atoms with Crippen LogP contribution in [0.15, 0.2) is 48.7 Å². The van der Waals surface area contributed by atoms with Gasteiger partial charge in [0, 0.05) is 17.3 Å². The van der Waals surface area contributed by atoms with Gasteiger partial charge in [-0.05, 0) is 40.6 Å². The average molecular weight is 525 g/mol. The molecule has 5 rings (SSSR count). The molecule has 2 aromatic carbocycles. The molecule has 3 heterocycles. The Bertz CT molecular complexity index is 1720. The van der Waals surface area contributed by atoms with E-state index in [1.165, 1.54) is 0 Å². The second kappa shape index (κ2) is 9.46. The third-order valence-corrected chi connectivity index (χ3v) is 7.00. The fourth-order valence-corrected chi connectivity index (χ4v) is 4.90. The fraction of sp³-hybridized carbons (Fsp3) is 0.130. The number of hydrogen-bond acceptors (Lipinski definition) is 8. The lowest BCUT2D eigenvalue weighted by molar-refractivity contribution is 0.103. The number of H-pyrrole nitrogens is 2. The molecule has 0 spiro atoms. The van der Waals surface area contributed by atoms with Crippen molar-refractivity contribution in [2.24, 2.45) is 0 Å². The number of fused-ring (bicyclic) bond motifs is 1. The van der Waals surface area contributed by atoms with Crippen LogP contribution in [0.3, 0.4) is 0 Å². The predicted octanol–water partition coefficient (Wildman–Crippen LogP) is 3.47. The van der Waals surface area contributed by atoms with Gasteiger partial charge in [0.15, 0.2) is 17.3 Å². The number of carbonyl (C=O) groups is 1. The number of nitrogens with zero attached hydrogens (tertiary/aromatic N) is 5. The van der Waals surface area contributed by atoms with Crippen molar-refractivity contribution in [2.45, 2.75) is 13.3 Å². The molecule has 0 fully saturated rings. The number of ketones is 1. The highest BCUT2D eigenvalue weighted by Gasteiger charge is 2.26. The third kappa shape index (κ3) is 4.65. The van der Waals surface area contributed by atoms with Gasteiger partial charge in [0.1, 0.15) is 17.2 Å². The molecule has 3 N–H and O–H groups in total. The summed E-state index contributed by atoms with van der Waals surface area (Å²) in [5.74, 6) is -3.18. The second-order valence-corrected chi connectivity index (χ2v) is 9.90. The predicted molar refractivity (Wildman–Crippen MR) is 130 cm³/mol. The van der Waals surface area contributed by atoms with E-state index >= 15 is 4.39 Å². The average Bonchev–Trinajstić information content (AvgIpc) is 3.56. The lowest BCUT2D eigenvalue weighted by atomic mass is 10.0. The zero-order valence-electron chi connectivity index (χ0n) is 19.2. The van der Waals surface area contributed by atoms with Crippen molar-refractivity contribution in [3.05, 3.63) is 71.6 Å². The summed E-state index contributed by atoms with van der Waals surface area (Å²) >= 11 is 0. The van der Waals surface area contributed by atoms with E-state index in [4.69, 9.17) is 0 Å². The maximum Gasteiger partial charge on any atom is 0.232 e. The summed E-state index contributed by atoms with van der Waals surface area (Å²) < 4.78 is 55.5. The van der Waals surface area contributed by atoms with E-state index in [9.17, 15) is 17.6 Å². The minimum Gasteiger partial charge on any atom is -0.287 e. The Morgan fingerprint density at radius 2 is 1.78 bits per heavy atom. The van der Waals surface area contributed by atoms with Crippen LogP contribution in [0.4, 0.5) is 14.5 Å². The molecule has 0 saturated heterocycles. The molecule has 14 heteroatoms. The molecule has 37 heavy (non-hydrogen) atoms. The number of hydrogen-bond donors (Lipinski definition) is 3. The normalized spacial score (nSPS) is 11.6. The number of benzene rings is 2. The summed E-state index contributed by atoms with van der Waals surface area (Å²) in [4.78, 5) is 17.5. The summed E-state index contributed by atoms with van der Waals surface area (Å²) in [5.41, 5.74) is 0.853. The molecule has 0 amide bonds.